The Labute approximate surface area is 213 Å². The third-order valence-electron chi connectivity index (χ3n) is 9.29. The summed E-state index contributed by atoms with van der Waals surface area (Å²) in [5.41, 5.74) is 1.74. The predicted octanol–water partition coefficient (Wildman–Crippen LogP) is 5.01. The molecule has 3 fully saturated rings. The minimum Gasteiger partial charge on any atom is -0.393 e. The summed E-state index contributed by atoms with van der Waals surface area (Å²) in [7, 11) is 0. The van der Waals surface area contributed by atoms with Crippen molar-refractivity contribution >= 4 is 5.91 Å². The fourth-order valence-electron chi connectivity index (χ4n) is 7.27. The summed E-state index contributed by atoms with van der Waals surface area (Å²) in [6.45, 7) is 5.53. The minimum atomic E-state index is -0.501. The quantitative estimate of drug-likeness (QED) is 0.591. The molecule has 2 N–H and O–H groups in total. The van der Waals surface area contributed by atoms with E-state index in [1.807, 2.05) is 18.2 Å². The van der Waals surface area contributed by atoms with Crippen molar-refractivity contribution in [3.05, 3.63) is 71.5 Å². The minimum absolute atomic E-state index is 0.0726. The van der Waals surface area contributed by atoms with Gasteiger partial charge in [0.1, 0.15) is 5.82 Å². The molecule has 7 atom stereocenters. The highest BCUT2D eigenvalue weighted by atomic mass is 19.1. The van der Waals surface area contributed by atoms with Crippen LogP contribution in [0.15, 0.2) is 54.6 Å². The van der Waals surface area contributed by atoms with Crippen LogP contribution in [0, 0.1) is 28.5 Å². The lowest BCUT2D eigenvalue weighted by molar-refractivity contribution is -0.308. The zero-order valence-electron chi connectivity index (χ0n) is 21.3. The second kappa shape index (κ2) is 10.2. The first-order valence-corrected chi connectivity index (χ1v) is 13.3. The van der Waals surface area contributed by atoms with Crippen LogP contribution in [0.3, 0.4) is 0 Å². The van der Waals surface area contributed by atoms with Crippen LogP contribution >= 0.6 is 0 Å². The highest BCUT2D eigenvalue weighted by molar-refractivity contribution is 5.76. The summed E-state index contributed by atoms with van der Waals surface area (Å²) in [4.78, 5) is 12.9. The van der Waals surface area contributed by atoms with Crippen molar-refractivity contribution in [3.63, 3.8) is 0 Å². The van der Waals surface area contributed by atoms with Gasteiger partial charge in [0.15, 0.2) is 6.29 Å². The van der Waals surface area contributed by atoms with Crippen molar-refractivity contribution in [1.29, 1.82) is 0 Å². The van der Waals surface area contributed by atoms with Crippen molar-refractivity contribution in [2.24, 2.45) is 22.7 Å². The lowest BCUT2D eigenvalue weighted by atomic mass is 9.46. The molecule has 2 aromatic rings. The Morgan fingerprint density at radius 3 is 2.53 bits per heavy atom. The zero-order valence-corrected chi connectivity index (χ0v) is 21.3. The number of hydrogen-bond acceptors (Lipinski definition) is 4. The number of aliphatic hydroxyl groups is 1. The monoisotopic (exact) mass is 495 g/mol. The van der Waals surface area contributed by atoms with Crippen LogP contribution in [-0.2, 0) is 27.2 Å². The average molecular weight is 496 g/mol. The van der Waals surface area contributed by atoms with Crippen molar-refractivity contribution < 1.29 is 23.8 Å². The third-order valence-corrected chi connectivity index (χ3v) is 9.29. The lowest BCUT2D eigenvalue weighted by Gasteiger charge is -2.63. The maximum absolute atomic E-state index is 13.2. The van der Waals surface area contributed by atoms with Crippen LogP contribution in [0.25, 0.3) is 0 Å². The number of hydrogen-bond donors (Lipinski definition) is 2. The molecule has 1 amide bonds. The number of aliphatic hydroxyl groups excluding tert-OH is 1. The second-order valence-corrected chi connectivity index (χ2v) is 11.5. The summed E-state index contributed by atoms with van der Waals surface area (Å²) in [6.07, 6.45) is 3.82. The molecule has 5 nitrogen and oxygen atoms in total. The second-order valence-electron chi connectivity index (χ2n) is 11.5. The first kappa shape index (κ1) is 25.4. The number of benzene rings is 2. The van der Waals surface area contributed by atoms with Crippen molar-refractivity contribution in [2.75, 3.05) is 6.61 Å². The average Bonchev–Trinajstić information content (AvgIpc) is 2.87. The van der Waals surface area contributed by atoms with Crippen LogP contribution in [0.4, 0.5) is 4.39 Å². The molecule has 0 radical (unpaired) electrons. The summed E-state index contributed by atoms with van der Waals surface area (Å²) in [5.74, 6) is -0.180. The van der Waals surface area contributed by atoms with Gasteiger partial charge in [-0.1, -0.05) is 56.3 Å². The Hall–Kier alpha value is -2.28. The number of ether oxygens (including phenoxy) is 2. The highest BCUT2D eigenvalue weighted by Crippen LogP contribution is 2.62. The smallest absolute Gasteiger partial charge is 0.220 e. The third kappa shape index (κ3) is 4.96. The maximum Gasteiger partial charge on any atom is 0.220 e. The molecule has 2 aromatic carbocycles. The molecular formula is C30H38FNO4. The molecule has 0 spiro atoms. The highest BCUT2D eigenvalue weighted by Gasteiger charge is 2.61. The van der Waals surface area contributed by atoms with E-state index in [0.29, 0.717) is 25.5 Å². The molecule has 1 heterocycles. The molecule has 0 aromatic heterocycles. The number of nitrogens with one attached hydrogen (secondary N) is 1. The topological polar surface area (TPSA) is 67.8 Å². The number of amides is 1. The number of carbonyl (C=O) groups is 1. The van der Waals surface area contributed by atoms with Gasteiger partial charge in [-0.3, -0.25) is 4.79 Å². The Bertz CT molecular complexity index is 1050. The van der Waals surface area contributed by atoms with Gasteiger partial charge in [-0.25, -0.2) is 4.39 Å². The van der Waals surface area contributed by atoms with Gasteiger partial charge < -0.3 is 19.9 Å². The van der Waals surface area contributed by atoms with Gasteiger partial charge in [-0.2, -0.15) is 0 Å². The molecule has 194 valence electrons. The van der Waals surface area contributed by atoms with E-state index in [0.717, 1.165) is 31.2 Å². The number of rotatable bonds is 6. The molecule has 6 heteroatoms. The molecule has 2 saturated carbocycles. The molecule has 1 aliphatic heterocycles. The van der Waals surface area contributed by atoms with Crippen LogP contribution < -0.4 is 5.32 Å². The van der Waals surface area contributed by atoms with E-state index in [4.69, 9.17) is 9.47 Å². The van der Waals surface area contributed by atoms with E-state index < -0.39 is 6.10 Å². The van der Waals surface area contributed by atoms with E-state index in [1.54, 1.807) is 12.1 Å². The zero-order chi connectivity index (χ0) is 25.3. The SMILES string of the molecule is C[C@@]12CO[C@@H](Cc3ccccc3)O[C@H]1CC[C@]1(C)[C@@H]2CC[C@@H](O)[C@H]1CC(=O)NCc1ccc(F)cc1. The summed E-state index contributed by atoms with van der Waals surface area (Å²) < 4.78 is 26.0. The van der Waals surface area contributed by atoms with E-state index in [2.05, 4.69) is 31.3 Å². The number of fused-ring (bicyclic) bond motifs is 3. The number of halogens is 1. The van der Waals surface area contributed by atoms with Crippen molar-refractivity contribution in [3.8, 4) is 0 Å². The van der Waals surface area contributed by atoms with Gasteiger partial charge in [-0.15, -0.1) is 0 Å². The normalized spacial score (nSPS) is 35.9. The molecular weight excluding hydrogens is 457 g/mol. The molecule has 3 aliphatic rings. The van der Waals surface area contributed by atoms with Gasteiger partial charge in [-0.05, 0) is 66.2 Å². The maximum atomic E-state index is 13.2. The molecule has 5 rings (SSSR count). The summed E-state index contributed by atoms with van der Waals surface area (Å²) in [5, 5.41) is 14.0. The first-order valence-electron chi connectivity index (χ1n) is 13.3. The summed E-state index contributed by atoms with van der Waals surface area (Å²) in [6, 6.07) is 16.5. The van der Waals surface area contributed by atoms with Crippen LogP contribution in [-0.4, -0.2) is 36.1 Å². The van der Waals surface area contributed by atoms with E-state index in [9.17, 15) is 14.3 Å². The fourth-order valence-corrected chi connectivity index (χ4v) is 7.27. The van der Waals surface area contributed by atoms with Crippen LogP contribution in [0.2, 0.25) is 0 Å². The van der Waals surface area contributed by atoms with Gasteiger partial charge in [0, 0.05) is 24.8 Å². The van der Waals surface area contributed by atoms with E-state index >= 15 is 0 Å². The Morgan fingerprint density at radius 1 is 1.03 bits per heavy atom. The van der Waals surface area contributed by atoms with E-state index in [1.165, 1.54) is 17.7 Å². The summed E-state index contributed by atoms with van der Waals surface area (Å²) >= 11 is 0. The van der Waals surface area contributed by atoms with Crippen molar-refractivity contribution in [1.82, 2.24) is 5.32 Å². The standard InChI is InChI=1S/C30H38FNO4/c1-29-15-14-26-30(2,19-35-28(36-26)16-20-6-4-3-5-7-20)25(29)13-12-24(33)23(29)17-27(34)32-18-21-8-10-22(31)11-9-21/h3-11,23-26,28,33H,12-19H2,1-2H3,(H,32,34)/t23-,24-,25+,26+,28-,29+,30+/m1/s1. The fraction of sp³-hybridized carbons (Fsp3) is 0.567. The molecule has 0 unspecified atom stereocenters. The van der Waals surface area contributed by atoms with Gasteiger partial charge in [0.25, 0.3) is 0 Å². The largest absolute Gasteiger partial charge is 0.393 e. The Morgan fingerprint density at radius 2 is 1.78 bits per heavy atom. The first-order chi connectivity index (χ1) is 17.3. The van der Waals surface area contributed by atoms with Crippen LogP contribution in [0.5, 0.6) is 0 Å². The van der Waals surface area contributed by atoms with Gasteiger partial charge in [0.05, 0.1) is 18.8 Å². The predicted molar refractivity (Wildman–Crippen MR) is 135 cm³/mol. The lowest BCUT2D eigenvalue weighted by Crippen LogP contribution is -2.63. The van der Waals surface area contributed by atoms with Gasteiger partial charge in [0.2, 0.25) is 5.91 Å². The molecule has 2 aliphatic carbocycles. The van der Waals surface area contributed by atoms with Crippen molar-refractivity contribution in [2.45, 2.75) is 77.4 Å². The molecule has 1 saturated heterocycles. The Kier molecular flexibility index (Phi) is 7.21. The Balaban J connectivity index is 1.25. The molecule has 0 bridgehead atoms. The van der Waals surface area contributed by atoms with Crippen LogP contribution in [0.1, 0.15) is 57.1 Å². The number of carbonyl (C=O) groups excluding carboxylic acids is 1. The van der Waals surface area contributed by atoms with E-state index in [-0.39, 0.29) is 47.3 Å². The van der Waals surface area contributed by atoms with Gasteiger partial charge >= 0.3 is 0 Å². The molecule has 36 heavy (non-hydrogen) atoms.